The van der Waals surface area contributed by atoms with Crippen molar-refractivity contribution in [1.29, 1.82) is 0 Å². The average molecular weight is 374 g/mol. The molecular formula is C22H22N4O2. The van der Waals surface area contributed by atoms with E-state index >= 15 is 0 Å². The third-order valence-corrected chi connectivity index (χ3v) is 5.17. The van der Waals surface area contributed by atoms with Crippen molar-refractivity contribution < 1.29 is 9.15 Å². The van der Waals surface area contributed by atoms with Gasteiger partial charge in [0, 0.05) is 18.5 Å². The Morgan fingerprint density at radius 2 is 2.00 bits per heavy atom. The van der Waals surface area contributed by atoms with Crippen molar-refractivity contribution in [3.8, 4) is 0 Å². The molecule has 0 radical (unpaired) electrons. The Hall–Kier alpha value is -2.99. The first kappa shape index (κ1) is 17.1. The summed E-state index contributed by atoms with van der Waals surface area (Å²) in [5.41, 5.74) is 5.26. The van der Waals surface area contributed by atoms with Crippen molar-refractivity contribution in [2.45, 2.75) is 38.9 Å². The molecule has 3 aromatic heterocycles. The van der Waals surface area contributed by atoms with E-state index in [1.54, 1.807) is 6.33 Å². The zero-order valence-corrected chi connectivity index (χ0v) is 16.0. The Labute approximate surface area is 163 Å². The van der Waals surface area contributed by atoms with Crippen LogP contribution in [-0.2, 0) is 24.2 Å². The Morgan fingerprint density at radius 3 is 2.86 bits per heavy atom. The summed E-state index contributed by atoms with van der Waals surface area (Å²) in [7, 11) is 0. The number of hydrogen-bond donors (Lipinski definition) is 1. The highest BCUT2D eigenvalue weighted by Gasteiger charge is 2.28. The van der Waals surface area contributed by atoms with Crippen LogP contribution in [0.25, 0.3) is 22.2 Å². The van der Waals surface area contributed by atoms with E-state index in [1.807, 2.05) is 6.07 Å². The summed E-state index contributed by atoms with van der Waals surface area (Å²) >= 11 is 0. The molecular weight excluding hydrogens is 352 g/mol. The summed E-state index contributed by atoms with van der Waals surface area (Å²) in [5.74, 6) is 0.702. The highest BCUT2D eigenvalue weighted by atomic mass is 16.5. The molecule has 0 unspecified atom stereocenters. The fourth-order valence-electron chi connectivity index (χ4n) is 3.68. The molecule has 0 saturated carbocycles. The predicted octanol–water partition coefficient (Wildman–Crippen LogP) is 4.28. The van der Waals surface area contributed by atoms with Gasteiger partial charge in [-0.15, -0.1) is 0 Å². The van der Waals surface area contributed by atoms with E-state index in [0.29, 0.717) is 23.7 Å². The summed E-state index contributed by atoms with van der Waals surface area (Å²) in [6, 6.07) is 12.5. The monoisotopic (exact) mass is 374 g/mol. The maximum atomic E-state index is 6.08. The average Bonchev–Trinajstić information content (AvgIpc) is 3.05. The van der Waals surface area contributed by atoms with Gasteiger partial charge in [-0.05, 0) is 31.9 Å². The smallest absolute Gasteiger partial charge is 0.229 e. The normalized spacial score (nSPS) is 15.6. The van der Waals surface area contributed by atoms with Gasteiger partial charge in [0.2, 0.25) is 5.71 Å². The minimum atomic E-state index is -0.205. The molecule has 0 atom stereocenters. The zero-order chi connectivity index (χ0) is 19.1. The van der Waals surface area contributed by atoms with E-state index in [9.17, 15) is 0 Å². The molecule has 1 aliphatic rings. The topological polar surface area (TPSA) is 73.1 Å². The highest BCUT2D eigenvalue weighted by Crippen LogP contribution is 2.34. The standard InChI is InChI=1S/C22H22N4O2/c1-22(2)11-17-15(12-27-22)10-16-18-19(28-21(16)26-17)20(25-13-24-18)23-9-8-14-6-4-3-5-7-14/h3-7,10,13H,8-9,11-12H2,1-2H3,(H,23,24,25). The second kappa shape index (κ2) is 6.56. The number of benzene rings is 1. The lowest BCUT2D eigenvalue weighted by Gasteiger charge is -2.30. The minimum absolute atomic E-state index is 0.205. The largest absolute Gasteiger partial charge is 0.432 e. The molecule has 28 heavy (non-hydrogen) atoms. The van der Waals surface area contributed by atoms with Gasteiger partial charge in [0.15, 0.2) is 11.4 Å². The Morgan fingerprint density at radius 1 is 1.14 bits per heavy atom. The second-order valence-corrected chi connectivity index (χ2v) is 7.84. The molecule has 1 aromatic carbocycles. The van der Waals surface area contributed by atoms with E-state index in [-0.39, 0.29) is 5.60 Å². The second-order valence-electron chi connectivity index (χ2n) is 7.84. The SMILES string of the molecule is CC1(C)Cc2nc3oc4c(NCCc5ccccc5)ncnc4c3cc2CO1. The van der Waals surface area contributed by atoms with Crippen LogP contribution in [0.15, 0.2) is 47.1 Å². The molecule has 0 fully saturated rings. The number of hydrogen-bond acceptors (Lipinski definition) is 6. The molecule has 0 amide bonds. The predicted molar refractivity (Wildman–Crippen MR) is 108 cm³/mol. The lowest BCUT2D eigenvalue weighted by molar-refractivity contribution is -0.0411. The molecule has 4 aromatic rings. The number of rotatable bonds is 4. The van der Waals surface area contributed by atoms with Gasteiger partial charge in [0.1, 0.15) is 11.8 Å². The van der Waals surface area contributed by atoms with Crippen molar-refractivity contribution in [2.75, 3.05) is 11.9 Å². The molecule has 142 valence electrons. The molecule has 1 aliphatic heterocycles. The summed E-state index contributed by atoms with van der Waals surface area (Å²) in [6.45, 7) is 5.49. The van der Waals surface area contributed by atoms with E-state index in [4.69, 9.17) is 14.1 Å². The number of fused-ring (bicyclic) bond motifs is 4. The molecule has 6 heteroatoms. The number of ether oxygens (including phenoxy) is 1. The lowest BCUT2D eigenvalue weighted by Crippen LogP contribution is -2.32. The van der Waals surface area contributed by atoms with Crippen LogP contribution < -0.4 is 5.32 Å². The quantitative estimate of drug-likeness (QED) is 0.575. The molecule has 0 saturated heterocycles. The van der Waals surface area contributed by atoms with Gasteiger partial charge in [-0.2, -0.15) is 0 Å². The molecule has 5 rings (SSSR count). The summed E-state index contributed by atoms with van der Waals surface area (Å²) in [5, 5.41) is 4.29. The van der Waals surface area contributed by atoms with Gasteiger partial charge in [-0.25, -0.2) is 15.0 Å². The van der Waals surface area contributed by atoms with Crippen molar-refractivity contribution in [3.63, 3.8) is 0 Å². The van der Waals surface area contributed by atoms with Gasteiger partial charge in [0.05, 0.1) is 23.3 Å². The molecule has 4 heterocycles. The maximum Gasteiger partial charge on any atom is 0.229 e. The van der Waals surface area contributed by atoms with E-state index in [0.717, 1.165) is 41.5 Å². The van der Waals surface area contributed by atoms with E-state index in [1.165, 1.54) is 5.56 Å². The summed E-state index contributed by atoms with van der Waals surface area (Å²) < 4.78 is 12.0. The van der Waals surface area contributed by atoms with Crippen molar-refractivity contribution in [3.05, 3.63) is 59.5 Å². The van der Waals surface area contributed by atoms with Crippen LogP contribution in [0.5, 0.6) is 0 Å². The van der Waals surface area contributed by atoms with Gasteiger partial charge in [-0.3, -0.25) is 0 Å². The number of furan rings is 1. The molecule has 0 bridgehead atoms. The zero-order valence-electron chi connectivity index (χ0n) is 16.0. The van der Waals surface area contributed by atoms with Crippen LogP contribution in [0.4, 0.5) is 5.82 Å². The van der Waals surface area contributed by atoms with Crippen molar-refractivity contribution >= 4 is 28.0 Å². The van der Waals surface area contributed by atoms with Gasteiger partial charge in [0.25, 0.3) is 0 Å². The third-order valence-electron chi connectivity index (χ3n) is 5.17. The molecule has 1 N–H and O–H groups in total. The van der Waals surface area contributed by atoms with Crippen molar-refractivity contribution in [1.82, 2.24) is 15.0 Å². The Balaban J connectivity index is 1.48. The van der Waals surface area contributed by atoms with Gasteiger partial charge >= 0.3 is 0 Å². The number of aromatic nitrogens is 3. The minimum Gasteiger partial charge on any atom is -0.432 e. The lowest BCUT2D eigenvalue weighted by atomic mass is 9.95. The number of pyridine rings is 1. The van der Waals surface area contributed by atoms with Gasteiger partial charge < -0.3 is 14.5 Å². The van der Waals surface area contributed by atoms with Crippen LogP contribution in [-0.4, -0.2) is 27.1 Å². The first-order valence-electron chi connectivity index (χ1n) is 9.57. The van der Waals surface area contributed by atoms with Crippen LogP contribution in [0.3, 0.4) is 0 Å². The van der Waals surface area contributed by atoms with E-state index in [2.05, 4.69) is 59.5 Å². The first-order valence-corrected chi connectivity index (χ1v) is 9.57. The summed E-state index contributed by atoms with van der Waals surface area (Å²) in [6.07, 6.45) is 3.25. The molecule has 0 spiro atoms. The van der Waals surface area contributed by atoms with Gasteiger partial charge in [-0.1, -0.05) is 30.3 Å². The van der Waals surface area contributed by atoms with Crippen LogP contribution in [0.1, 0.15) is 30.7 Å². The number of nitrogens with zero attached hydrogens (tertiary/aromatic N) is 3. The van der Waals surface area contributed by atoms with Crippen LogP contribution in [0, 0.1) is 0 Å². The maximum absolute atomic E-state index is 6.08. The van der Waals surface area contributed by atoms with Crippen LogP contribution >= 0.6 is 0 Å². The van der Waals surface area contributed by atoms with E-state index < -0.39 is 0 Å². The Bertz CT molecular complexity index is 1150. The fraction of sp³-hybridized carbons (Fsp3) is 0.318. The molecule has 6 nitrogen and oxygen atoms in total. The Kier molecular flexibility index (Phi) is 4.02. The number of anilines is 1. The summed E-state index contributed by atoms with van der Waals surface area (Å²) in [4.78, 5) is 13.6. The fourth-order valence-corrected chi connectivity index (χ4v) is 3.68. The van der Waals surface area contributed by atoms with Crippen LogP contribution in [0.2, 0.25) is 0 Å². The number of nitrogens with one attached hydrogen (secondary N) is 1. The molecule has 0 aliphatic carbocycles. The third kappa shape index (κ3) is 3.10. The van der Waals surface area contributed by atoms with Crippen molar-refractivity contribution in [2.24, 2.45) is 0 Å². The highest BCUT2D eigenvalue weighted by molar-refractivity contribution is 6.04. The first-order chi connectivity index (χ1) is 13.6.